The molecule has 0 aromatic heterocycles. The van der Waals surface area contributed by atoms with E-state index in [2.05, 4.69) is 5.32 Å². The number of hydrogen-bond acceptors (Lipinski definition) is 3. The molecule has 0 aliphatic heterocycles. The number of hydrogen-bond donors (Lipinski definition) is 3. The summed E-state index contributed by atoms with van der Waals surface area (Å²) >= 11 is 0. The van der Waals surface area contributed by atoms with E-state index in [1.807, 2.05) is 19.9 Å². The van der Waals surface area contributed by atoms with Crippen LogP contribution >= 0.6 is 0 Å². The third kappa shape index (κ3) is 4.87. The van der Waals surface area contributed by atoms with E-state index in [0.29, 0.717) is 18.9 Å². The molecule has 0 aliphatic carbocycles. The van der Waals surface area contributed by atoms with E-state index in [9.17, 15) is 9.90 Å². The van der Waals surface area contributed by atoms with E-state index in [4.69, 9.17) is 5.11 Å². The van der Waals surface area contributed by atoms with Gasteiger partial charge in [0.05, 0.1) is 0 Å². The van der Waals surface area contributed by atoms with Gasteiger partial charge in [0.1, 0.15) is 11.8 Å². The van der Waals surface area contributed by atoms with Crippen molar-refractivity contribution in [3.05, 3.63) is 29.8 Å². The third-order valence-electron chi connectivity index (χ3n) is 2.47. The average molecular weight is 237 g/mol. The highest BCUT2D eigenvalue weighted by Crippen LogP contribution is 2.11. The van der Waals surface area contributed by atoms with Gasteiger partial charge in [0.25, 0.3) is 0 Å². The van der Waals surface area contributed by atoms with Gasteiger partial charge in [-0.1, -0.05) is 26.0 Å². The van der Waals surface area contributed by atoms with Crippen LogP contribution in [0, 0.1) is 5.92 Å². The number of aliphatic carboxylic acids is 1. The molecule has 1 rings (SSSR count). The van der Waals surface area contributed by atoms with Crippen LogP contribution in [0.5, 0.6) is 5.75 Å². The topological polar surface area (TPSA) is 69.6 Å². The summed E-state index contributed by atoms with van der Waals surface area (Å²) in [5, 5.41) is 21.3. The molecule has 1 aromatic rings. The zero-order valence-electron chi connectivity index (χ0n) is 10.2. The van der Waals surface area contributed by atoms with E-state index in [1.165, 1.54) is 0 Å². The molecule has 17 heavy (non-hydrogen) atoms. The van der Waals surface area contributed by atoms with Crippen LogP contribution < -0.4 is 5.32 Å². The minimum absolute atomic E-state index is 0.194. The third-order valence-corrected chi connectivity index (χ3v) is 2.47. The second kappa shape index (κ2) is 6.25. The first kappa shape index (κ1) is 13.5. The van der Waals surface area contributed by atoms with Crippen LogP contribution in [0.15, 0.2) is 24.3 Å². The molecule has 0 radical (unpaired) electrons. The normalized spacial score (nSPS) is 12.6. The molecule has 4 nitrogen and oxygen atoms in total. The Balaban J connectivity index is 2.54. The Kier molecular flexibility index (Phi) is 4.97. The predicted octanol–water partition coefficient (Wildman–Crippen LogP) is 1.98. The molecule has 1 unspecified atom stereocenters. The van der Waals surface area contributed by atoms with Gasteiger partial charge in [-0.25, -0.2) is 0 Å². The fourth-order valence-corrected chi connectivity index (χ4v) is 1.65. The molecule has 0 spiro atoms. The molecule has 0 bridgehead atoms. The lowest BCUT2D eigenvalue weighted by Gasteiger charge is -2.16. The van der Waals surface area contributed by atoms with Gasteiger partial charge in [0.2, 0.25) is 0 Å². The van der Waals surface area contributed by atoms with Crippen molar-refractivity contribution in [1.29, 1.82) is 0 Å². The van der Waals surface area contributed by atoms with Crippen molar-refractivity contribution in [2.75, 3.05) is 0 Å². The SMILES string of the molecule is CC(C)CC(NCc1cccc(O)c1)C(=O)O. The molecule has 1 aromatic carbocycles. The fourth-order valence-electron chi connectivity index (χ4n) is 1.65. The maximum absolute atomic E-state index is 11.0. The van der Waals surface area contributed by atoms with Crippen LogP contribution in [0.4, 0.5) is 0 Å². The minimum Gasteiger partial charge on any atom is -0.508 e. The lowest BCUT2D eigenvalue weighted by molar-refractivity contribution is -0.140. The first-order valence-corrected chi connectivity index (χ1v) is 5.73. The monoisotopic (exact) mass is 237 g/mol. The van der Waals surface area contributed by atoms with Crippen molar-refractivity contribution in [1.82, 2.24) is 5.32 Å². The van der Waals surface area contributed by atoms with Gasteiger partial charge in [0, 0.05) is 6.54 Å². The molecule has 94 valence electrons. The standard InChI is InChI=1S/C13H19NO3/c1-9(2)6-12(13(16)17)14-8-10-4-3-5-11(15)7-10/h3-5,7,9,12,14-15H,6,8H2,1-2H3,(H,16,17). The van der Waals surface area contributed by atoms with Gasteiger partial charge < -0.3 is 15.5 Å². The summed E-state index contributed by atoms with van der Waals surface area (Å²) < 4.78 is 0. The summed E-state index contributed by atoms with van der Waals surface area (Å²) in [7, 11) is 0. The van der Waals surface area contributed by atoms with Crippen LogP contribution in [-0.4, -0.2) is 22.2 Å². The van der Waals surface area contributed by atoms with Crippen molar-refractivity contribution < 1.29 is 15.0 Å². The molecule has 0 fully saturated rings. The number of phenolic OH excluding ortho intramolecular Hbond substituents is 1. The Hall–Kier alpha value is -1.55. The minimum atomic E-state index is -0.834. The highest BCUT2D eigenvalue weighted by molar-refractivity contribution is 5.73. The van der Waals surface area contributed by atoms with E-state index in [1.54, 1.807) is 18.2 Å². The lowest BCUT2D eigenvalue weighted by Crippen LogP contribution is -2.37. The number of carboxylic acid groups (broad SMARTS) is 1. The van der Waals surface area contributed by atoms with Gasteiger partial charge in [-0.2, -0.15) is 0 Å². The number of carboxylic acids is 1. The number of aromatic hydroxyl groups is 1. The largest absolute Gasteiger partial charge is 0.508 e. The maximum atomic E-state index is 11.0. The smallest absolute Gasteiger partial charge is 0.320 e. The molecule has 3 N–H and O–H groups in total. The number of nitrogens with one attached hydrogen (secondary N) is 1. The number of benzene rings is 1. The Morgan fingerprint density at radius 1 is 1.41 bits per heavy atom. The summed E-state index contributed by atoms with van der Waals surface area (Å²) in [6, 6.07) is 6.26. The van der Waals surface area contributed by atoms with Gasteiger partial charge in [-0.15, -0.1) is 0 Å². The average Bonchev–Trinajstić information content (AvgIpc) is 2.23. The Morgan fingerprint density at radius 2 is 2.12 bits per heavy atom. The van der Waals surface area contributed by atoms with Gasteiger partial charge in [-0.05, 0) is 30.0 Å². The van der Waals surface area contributed by atoms with Gasteiger partial charge in [0.15, 0.2) is 0 Å². The van der Waals surface area contributed by atoms with E-state index < -0.39 is 12.0 Å². The number of rotatable bonds is 6. The number of carbonyl (C=O) groups is 1. The molecule has 0 saturated heterocycles. The van der Waals surface area contributed by atoms with Crippen molar-refractivity contribution in [2.45, 2.75) is 32.9 Å². The summed E-state index contributed by atoms with van der Waals surface area (Å²) in [6.07, 6.45) is 0.591. The molecular weight excluding hydrogens is 218 g/mol. The molecule has 4 heteroatoms. The Labute approximate surface area is 101 Å². The zero-order valence-corrected chi connectivity index (χ0v) is 10.2. The van der Waals surface area contributed by atoms with Crippen molar-refractivity contribution in [2.24, 2.45) is 5.92 Å². The molecule has 0 amide bonds. The van der Waals surface area contributed by atoms with Crippen LogP contribution in [0.1, 0.15) is 25.8 Å². The number of phenols is 1. The predicted molar refractivity (Wildman–Crippen MR) is 65.8 cm³/mol. The maximum Gasteiger partial charge on any atom is 0.320 e. The fraction of sp³-hybridized carbons (Fsp3) is 0.462. The highest BCUT2D eigenvalue weighted by Gasteiger charge is 2.17. The summed E-state index contributed by atoms with van der Waals surface area (Å²) in [6.45, 7) is 4.43. The van der Waals surface area contributed by atoms with E-state index in [-0.39, 0.29) is 5.75 Å². The summed E-state index contributed by atoms with van der Waals surface area (Å²) in [4.78, 5) is 11.0. The molecule has 0 heterocycles. The Bertz CT molecular complexity index is 377. The van der Waals surface area contributed by atoms with Crippen LogP contribution in [0.3, 0.4) is 0 Å². The van der Waals surface area contributed by atoms with Gasteiger partial charge >= 0.3 is 5.97 Å². The summed E-state index contributed by atoms with van der Waals surface area (Å²) in [5.41, 5.74) is 0.875. The summed E-state index contributed by atoms with van der Waals surface area (Å²) in [5.74, 6) is -0.313. The second-order valence-electron chi connectivity index (χ2n) is 4.57. The van der Waals surface area contributed by atoms with Gasteiger partial charge in [-0.3, -0.25) is 4.79 Å². The molecule has 0 aliphatic rings. The van der Waals surface area contributed by atoms with Crippen LogP contribution in [0.25, 0.3) is 0 Å². The first-order valence-electron chi connectivity index (χ1n) is 5.73. The zero-order chi connectivity index (χ0) is 12.8. The molecule has 0 saturated carbocycles. The van der Waals surface area contributed by atoms with Crippen molar-refractivity contribution in [3.8, 4) is 5.75 Å². The van der Waals surface area contributed by atoms with Crippen LogP contribution in [0.2, 0.25) is 0 Å². The lowest BCUT2D eigenvalue weighted by atomic mass is 10.0. The first-order chi connectivity index (χ1) is 7.99. The van der Waals surface area contributed by atoms with E-state index >= 15 is 0 Å². The van der Waals surface area contributed by atoms with E-state index in [0.717, 1.165) is 5.56 Å². The van der Waals surface area contributed by atoms with Crippen LogP contribution in [-0.2, 0) is 11.3 Å². The molecular formula is C13H19NO3. The van der Waals surface area contributed by atoms with Crippen molar-refractivity contribution >= 4 is 5.97 Å². The molecule has 1 atom stereocenters. The highest BCUT2D eigenvalue weighted by atomic mass is 16.4. The van der Waals surface area contributed by atoms with Crippen molar-refractivity contribution in [3.63, 3.8) is 0 Å². The second-order valence-corrected chi connectivity index (χ2v) is 4.57. The Morgan fingerprint density at radius 3 is 2.65 bits per heavy atom. The quantitative estimate of drug-likeness (QED) is 0.707.